The van der Waals surface area contributed by atoms with Crippen LogP contribution in [0.25, 0.3) is 5.69 Å². The van der Waals surface area contributed by atoms with E-state index in [-0.39, 0.29) is 12.6 Å². The van der Waals surface area contributed by atoms with Crippen LogP contribution in [0.3, 0.4) is 0 Å². The van der Waals surface area contributed by atoms with Crippen LogP contribution in [0.15, 0.2) is 43.2 Å². The Hall–Kier alpha value is -2.96. The molecule has 0 N–H and O–H groups in total. The highest BCUT2D eigenvalue weighted by Crippen LogP contribution is 2.16. The molecule has 7 nitrogen and oxygen atoms in total. The molecule has 0 radical (unpaired) electrons. The molecule has 7 heteroatoms. The van der Waals surface area contributed by atoms with Crippen LogP contribution in [0, 0.1) is 6.92 Å². The van der Waals surface area contributed by atoms with Gasteiger partial charge in [-0.05, 0) is 30.7 Å². The van der Waals surface area contributed by atoms with E-state index in [1.165, 1.54) is 6.33 Å². The molecule has 0 saturated heterocycles. The van der Waals surface area contributed by atoms with Gasteiger partial charge < -0.3 is 4.74 Å². The average Bonchev–Trinajstić information content (AvgIpc) is 3.16. The van der Waals surface area contributed by atoms with E-state index < -0.39 is 0 Å². The molecule has 2 aromatic heterocycles. The van der Waals surface area contributed by atoms with E-state index in [4.69, 9.17) is 4.74 Å². The highest BCUT2D eigenvalue weighted by molar-refractivity contribution is 5.90. The van der Waals surface area contributed by atoms with Gasteiger partial charge in [0.05, 0.1) is 17.4 Å². The van der Waals surface area contributed by atoms with E-state index in [1.54, 1.807) is 34.0 Å². The van der Waals surface area contributed by atoms with Gasteiger partial charge in [0.25, 0.3) is 0 Å². The van der Waals surface area contributed by atoms with Crippen molar-refractivity contribution >= 4 is 5.97 Å². The number of carbonyl (C=O) groups is 1. The first kappa shape index (κ1) is 14.0. The SMILES string of the molecule is Cc1cc(C(=O)OCc2cnn(C)c2)ccc1-n1cncn1. The Morgan fingerprint density at radius 3 is 2.82 bits per heavy atom. The third kappa shape index (κ3) is 2.88. The number of aryl methyl sites for hydroxylation is 2. The van der Waals surface area contributed by atoms with Gasteiger partial charge in [-0.3, -0.25) is 4.68 Å². The van der Waals surface area contributed by atoms with E-state index in [2.05, 4.69) is 15.2 Å². The third-order valence-corrected chi connectivity index (χ3v) is 3.23. The number of aromatic nitrogens is 5. The van der Waals surface area contributed by atoms with Crippen LogP contribution in [0.5, 0.6) is 0 Å². The molecule has 2 heterocycles. The Balaban J connectivity index is 1.72. The predicted molar refractivity (Wildman–Crippen MR) is 78.4 cm³/mol. The number of rotatable bonds is 4. The van der Waals surface area contributed by atoms with Gasteiger partial charge >= 0.3 is 5.97 Å². The molecule has 3 rings (SSSR count). The zero-order valence-corrected chi connectivity index (χ0v) is 12.3. The summed E-state index contributed by atoms with van der Waals surface area (Å²) < 4.78 is 8.61. The first-order valence-electron chi connectivity index (χ1n) is 6.74. The van der Waals surface area contributed by atoms with Gasteiger partial charge in [0.15, 0.2) is 0 Å². The van der Waals surface area contributed by atoms with Crippen LogP contribution in [0.2, 0.25) is 0 Å². The molecule has 0 unspecified atom stereocenters. The summed E-state index contributed by atoms with van der Waals surface area (Å²) in [5.41, 5.74) is 3.15. The van der Waals surface area contributed by atoms with Gasteiger partial charge in [-0.2, -0.15) is 10.2 Å². The van der Waals surface area contributed by atoms with E-state index in [1.807, 2.05) is 26.2 Å². The molecule has 0 fully saturated rings. The van der Waals surface area contributed by atoms with Gasteiger partial charge in [0.1, 0.15) is 19.3 Å². The van der Waals surface area contributed by atoms with Crippen molar-refractivity contribution in [3.05, 3.63) is 59.9 Å². The van der Waals surface area contributed by atoms with Crippen molar-refractivity contribution in [2.75, 3.05) is 0 Å². The van der Waals surface area contributed by atoms with E-state index >= 15 is 0 Å². The molecule has 0 aliphatic rings. The van der Waals surface area contributed by atoms with Crippen LogP contribution in [-0.2, 0) is 18.4 Å². The second kappa shape index (κ2) is 5.80. The van der Waals surface area contributed by atoms with Crippen molar-refractivity contribution in [3.63, 3.8) is 0 Å². The first-order valence-corrected chi connectivity index (χ1v) is 6.74. The maximum atomic E-state index is 12.1. The lowest BCUT2D eigenvalue weighted by Crippen LogP contribution is -2.06. The van der Waals surface area contributed by atoms with Gasteiger partial charge in [-0.1, -0.05) is 0 Å². The maximum absolute atomic E-state index is 12.1. The minimum absolute atomic E-state index is 0.205. The Kier molecular flexibility index (Phi) is 3.69. The highest BCUT2D eigenvalue weighted by atomic mass is 16.5. The Morgan fingerprint density at radius 2 is 2.18 bits per heavy atom. The summed E-state index contributed by atoms with van der Waals surface area (Å²) in [6.07, 6.45) is 6.57. The molecule has 0 aliphatic carbocycles. The predicted octanol–water partition coefficient (Wildman–Crippen LogP) is 1.67. The zero-order chi connectivity index (χ0) is 15.5. The topological polar surface area (TPSA) is 74.8 Å². The van der Waals surface area contributed by atoms with E-state index in [0.717, 1.165) is 16.8 Å². The normalized spacial score (nSPS) is 10.6. The highest BCUT2D eigenvalue weighted by Gasteiger charge is 2.11. The van der Waals surface area contributed by atoms with Crippen molar-refractivity contribution in [1.29, 1.82) is 0 Å². The Bertz CT molecular complexity index is 792. The lowest BCUT2D eigenvalue weighted by atomic mass is 10.1. The number of hydrogen-bond donors (Lipinski definition) is 0. The summed E-state index contributed by atoms with van der Waals surface area (Å²) in [7, 11) is 1.82. The van der Waals surface area contributed by atoms with E-state index in [9.17, 15) is 4.79 Å². The molecular weight excluding hydrogens is 282 g/mol. The van der Waals surface area contributed by atoms with Crippen LogP contribution >= 0.6 is 0 Å². The van der Waals surface area contributed by atoms with Gasteiger partial charge in [0.2, 0.25) is 0 Å². The first-order chi connectivity index (χ1) is 10.6. The van der Waals surface area contributed by atoms with Crippen molar-refractivity contribution in [1.82, 2.24) is 24.5 Å². The Morgan fingerprint density at radius 1 is 1.32 bits per heavy atom. The lowest BCUT2D eigenvalue weighted by Gasteiger charge is -2.08. The summed E-state index contributed by atoms with van der Waals surface area (Å²) >= 11 is 0. The fourth-order valence-electron chi connectivity index (χ4n) is 2.15. The van der Waals surface area contributed by atoms with Crippen molar-refractivity contribution in [2.45, 2.75) is 13.5 Å². The number of benzene rings is 1. The molecule has 0 spiro atoms. The molecule has 112 valence electrons. The fraction of sp³-hybridized carbons (Fsp3) is 0.200. The van der Waals surface area contributed by atoms with Crippen LogP contribution < -0.4 is 0 Å². The summed E-state index contributed by atoms with van der Waals surface area (Å²) in [4.78, 5) is 16.0. The summed E-state index contributed by atoms with van der Waals surface area (Å²) in [5, 5.41) is 8.11. The van der Waals surface area contributed by atoms with Gasteiger partial charge in [-0.15, -0.1) is 0 Å². The largest absolute Gasteiger partial charge is 0.457 e. The number of carbonyl (C=O) groups excluding carboxylic acids is 1. The number of esters is 1. The second-order valence-corrected chi connectivity index (χ2v) is 4.94. The summed E-state index contributed by atoms with van der Waals surface area (Å²) in [5.74, 6) is -0.364. The van der Waals surface area contributed by atoms with Gasteiger partial charge in [-0.25, -0.2) is 14.5 Å². The Labute approximate surface area is 127 Å². The molecule has 0 amide bonds. The van der Waals surface area contributed by atoms with Crippen LogP contribution in [-0.4, -0.2) is 30.5 Å². The van der Waals surface area contributed by atoms with Crippen molar-refractivity contribution in [2.24, 2.45) is 7.05 Å². The van der Waals surface area contributed by atoms with Crippen molar-refractivity contribution < 1.29 is 9.53 Å². The molecule has 0 bridgehead atoms. The molecule has 0 aliphatic heterocycles. The minimum Gasteiger partial charge on any atom is -0.457 e. The van der Waals surface area contributed by atoms with E-state index in [0.29, 0.717) is 5.56 Å². The number of hydrogen-bond acceptors (Lipinski definition) is 5. The number of nitrogens with zero attached hydrogens (tertiary/aromatic N) is 5. The molecule has 1 aromatic carbocycles. The summed E-state index contributed by atoms with van der Waals surface area (Å²) in [6.45, 7) is 2.12. The van der Waals surface area contributed by atoms with Crippen molar-refractivity contribution in [3.8, 4) is 5.69 Å². The fourth-order valence-corrected chi connectivity index (χ4v) is 2.15. The molecule has 0 saturated carbocycles. The van der Waals surface area contributed by atoms with Gasteiger partial charge in [0, 0.05) is 18.8 Å². The minimum atomic E-state index is -0.364. The summed E-state index contributed by atoms with van der Waals surface area (Å²) in [6, 6.07) is 5.32. The third-order valence-electron chi connectivity index (χ3n) is 3.23. The molecule has 22 heavy (non-hydrogen) atoms. The number of ether oxygens (including phenoxy) is 1. The standard InChI is InChI=1S/C15H15N5O2/c1-11-5-13(3-4-14(11)20-10-16-9-18-20)15(21)22-8-12-6-17-19(2)7-12/h3-7,9-10H,8H2,1-2H3. The average molecular weight is 297 g/mol. The molecule has 0 atom stereocenters. The lowest BCUT2D eigenvalue weighted by molar-refractivity contribution is 0.0472. The maximum Gasteiger partial charge on any atom is 0.338 e. The monoisotopic (exact) mass is 297 g/mol. The quantitative estimate of drug-likeness (QED) is 0.685. The smallest absolute Gasteiger partial charge is 0.338 e. The second-order valence-electron chi connectivity index (χ2n) is 4.94. The van der Waals surface area contributed by atoms with Crippen LogP contribution in [0.4, 0.5) is 0 Å². The molecular formula is C15H15N5O2. The van der Waals surface area contributed by atoms with Crippen LogP contribution in [0.1, 0.15) is 21.5 Å². The molecule has 3 aromatic rings. The zero-order valence-electron chi connectivity index (χ0n) is 12.3.